The van der Waals surface area contributed by atoms with Crippen LogP contribution in [0.25, 0.3) is 0 Å². The quantitative estimate of drug-likeness (QED) is 0.262. The van der Waals surface area contributed by atoms with Gasteiger partial charge in [-0.15, -0.1) is 0 Å². The van der Waals surface area contributed by atoms with Crippen molar-refractivity contribution in [2.45, 2.75) is 0 Å². The summed E-state index contributed by atoms with van der Waals surface area (Å²) in [6.45, 7) is 0. The number of halogens is 2. The zero-order chi connectivity index (χ0) is 2.00. The van der Waals surface area contributed by atoms with Gasteiger partial charge in [0, 0.05) is 0 Å². The van der Waals surface area contributed by atoms with E-state index in [9.17, 15) is 0 Å². The molecular formula is DyI2Na. The van der Waals surface area contributed by atoms with Gasteiger partial charge >= 0.3 is 75.4 Å². The van der Waals surface area contributed by atoms with Crippen LogP contribution < -0.4 is 53.5 Å². The summed E-state index contributed by atoms with van der Waals surface area (Å²) >= 11 is 4.23. The first-order valence-electron chi connectivity index (χ1n) is 0.120. The summed E-state index contributed by atoms with van der Waals surface area (Å²) in [5, 5.41) is 0. The zero-order valence-electron chi connectivity index (χ0n) is 2.07. The van der Waals surface area contributed by atoms with Crippen LogP contribution in [0.3, 0.4) is 0 Å². The van der Waals surface area contributed by atoms with Crippen LogP contribution in [0.4, 0.5) is 0 Å². The molecule has 0 aromatic heterocycles. The standard InChI is InChI=1S/Dy.2HI.Na/h;2*1H;/q+1;;;+1/p-2. The summed E-state index contributed by atoms with van der Waals surface area (Å²) in [5.74, 6) is 0. The van der Waals surface area contributed by atoms with E-state index in [1.807, 2.05) is 0 Å². The molecule has 0 bridgehead atoms. The molecule has 0 heterocycles. The maximum atomic E-state index is 2.12. The minimum Gasteiger partial charge on any atom is 1.00 e. The fourth-order valence-corrected chi connectivity index (χ4v) is 0. The van der Waals surface area contributed by atoms with Crippen LogP contribution in [0, 0.1) is 31.0 Å². The monoisotopic (exact) mass is 441 g/mol. The van der Waals surface area contributed by atoms with Crippen molar-refractivity contribution in [1.29, 1.82) is 0 Å². The first-order chi connectivity index (χ1) is 1.00. The van der Waals surface area contributed by atoms with Crippen LogP contribution in [0.2, 0.25) is 0 Å². The van der Waals surface area contributed by atoms with Gasteiger partial charge in [-0.25, -0.2) is 0 Å². The fourth-order valence-electron chi connectivity index (χ4n) is 0. The van der Waals surface area contributed by atoms with Crippen LogP contribution in [0.5, 0.6) is 0 Å². The van der Waals surface area contributed by atoms with Crippen LogP contribution >= 0.6 is 14.9 Å². The summed E-state index contributed by atoms with van der Waals surface area (Å²) in [7, 11) is 0. The summed E-state index contributed by atoms with van der Waals surface area (Å²) in [6, 6.07) is 0. The Morgan fingerprint density at radius 2 is 1.25 bits per heavy atom. The van der Waals surface area contributed by atoms with Crippen molar-refractivity contribution in [2.24, 2.45) is 0 Å². The Balaban J connectivity index is -0.00000000500. The van der Waals surface area contributed by atoms with E-state index < -0.39 is 0 Å². The van der Waals surface area contributed by atoms with Crippen molar-refractivity contribution < 1.29 is 84.5 Å². The molecule has 0 atom stereocenters. The molecule has 0 aromatic carbocycles. The molecule has 0 N–H and O–H groups in total. The van der Waals surface area contributed by atoms with Gasteiger partial charge in [-0.1, -0.05) is 0 Å². The number of hydrogen-bond donors (Lipinski definition) is 0. The fraction of sp³-hybridized carbons (Fsp3) is 0. The van der Waals surface area contributed by atoms with E-state index in [0.29, 0.717) is 0 Å². The second-order valence-electron chi connectivity index (χ2n) is 0. The third-order valence-corrected chi connectivity index (χ3v) is 0. The molecular weight excluding hydrogens is 439 g/mol. The zero-order valence-corrected chi connectivity index (χ0v) is 10.4. The Morgan fingerprint density at radius 3 is 1.25 bits per heavy atom. The average Bonchev–Trinajstić information content (AvgIpc) is 1.00. The second kappa shape index (κ2) is 15.9. The van der Waals surface area contributed by atoms with Crippen LogP contribution in [0.1, 0.15) is 0 Å². The molecule has 0 fully saturated rings. The van der Waals surface area contributed by atoms with Crippen molar-refractivity contribution in [3.63, 3.8) is 0 Å². The normalized spacial score (nSPS) is 1.75. The van der Waals surface area contributed by atoms with Gasteiger partial charge in [-0.2, -0.15) is 0 Å². The summed E-state index contributed by atoms with van der Waals surface area (Å²) in [6.07, 6.45) is 0. The average molecular weight is 439 g/mol. The molecule has 0 spiro atoms. The van der Waals surface area contributed by atoms with E-state index in [1.54, 1.807) is 0 Å². The predicted octanol–water partition coefficient (Wildman–Crippen LogP) is -5.11. The minimum atomic E-state index is 0. The van der Waals surface area contributed by atoms with Gasteiger partial charge in [-0.05, 0) is 0 Å². The van der Waals surface area contributed by atoms with Crippen molar-refractivity contribution in [2.75, 3.05) is 0 Å². The van der Waals surface area contributed by atoms with Crippen molar-refractivity contribution in [1.82, 2.24) is 0 Å². The molecule has 0 aliphatic carbocycles. The van der Waals surface area contributed by atoms with E-state index >= 15 is 0 Å². The van der Waals surface area contributed by atoms with Crippen LogP contribution in [0.15, 0.2) is 0 Å². The van der Waals surface area contributed by atoms with E-state index in [4.69, 9.17) is 0 Å². The smallest absolute Gasteiger partial charge is 1.00 e. The molecule has 0 saturated heterocycles. The first-order valence-corrected chi connectivity index (χ1v) is 5.95. The van der Waals surface area contributed by atoms with E-state index in [-0.39, 0.29) is 53.5 Å². The number of rotatable bonds is 0. The molecule has 4 heteroatoms. The summed E-state index contributed by atoms with van der Waals surface area (Å²) in [5.41, 5.74) is 0. The van der Waals surface area contributed by atoms with E-state index in [1.165, 1.54) is 0 Å². The molecule has 4 heavy (non-hydrogen) atoms. The van der Waals surface area contributed by atoms with Gasteiger partial charge in [-0.3, -0.25) is 0 Å². The Labute approximate surface area is 96.3 Å². The Kier molecular flexibility index (Phi) is 62.1. The van der Waals surface area contributed by atoms with Crippen molar-refractivity contribution in [3.05, 3.63) is 0 Å². The summed E-state index contributed by atoms with van der Waals surface area (Å²) in [4.78, 5) is 0. The molecule has 0 radical (unpaired) electrons. The van der Waals surface area contributed by atoms with Gasteiger partial charge < -0.3 is 24.0 Å². The molecule has 0 unspecified atom stereocenters. The Bertz CT molecular complexity index is 6.00. The molecule has 0 saturated carbocycles. The predicted molar refractivity (Wildman–Crippen MR) is 14.0 cm³/mol. The third-order valence-electron chi connectivity index (χ3n) is 0. The van der Waals surface area contributed by atoms with Gasteiger partial charge in [0.05, 0.1) is 0 Å². The van der Waals surface area contributed by atoms with Gasteiger partial charge in [0.2, 0.25) is 0 Å². The second-order valence-corrected chi connectivity index (χ2v) is 0. The van der Waals surface area contributed by atoms with Crippen LogP contribution in [-0.2, 0) is 0 Å². The molecule has 0 aliphatic rings. The van der Waals surface area contributed by atoms with Crippen molar-refractivity contribution >= 4 is 14.9 Å². The maximum Gasteiger partial charge on any atom is 1.00 e. The van der Waals surface area contributed by atoms with Gasteiger partial charge in [0.1, 0.15) is 0 Å². The molecule has 0 aromatic rings. The number of hydrogen-bond acceptors (Lipinski definition) is 0. The molecule has 0 nitrogen and oxygen atoms in total. The van der Waals surface area contributed by atoms with Gasteiger partial charge in [0.15, 0.2) is 0 Å². The third kappa shape index (κ3) is 9.22. The van der Waals surface area contributed by atoms with Gasteiger partial charge in [0.25, 0.3) is 0 Å². The van der Waals surface area contributed by atoms with E-state index in [0.717, 1.165) is 0 Å². The minimum absolute atomic E-state index is 0. The summed E-state index contributed by atoms with van der Waals surface area (Å²) < 4.78 is 0. The SMILES string of the molecule is [I-].[I][Dy].[Na+]. The van der Waals surface area contributed by atoms with E-state index in [2.05, 4.69) is 45.9 Å². The molecule has 0 amide bonds. The van der Waals surface area contributed by atoms with Crippen molar-refractivity contribution in [3.8, 4) is 0 Å². The Morgan fingerprint density at radius 1 is 1.25 bits per heavy atom. The topological polar surface area (TPSA) is 0 Å². The largest absolute Gasteiger partial charge is 1.00 e. The first kappa shape index (κ1) is 15.6. The molecule has 0 aliphatic heterocycles. The Hall–Kier alpha value is 3.73. The van der Waals surface area contributed by atoms with Crippen LogP contribution in [-0.4, -0.2) is 0 Å². The molecule has 0 rings (SSSR count). The maximum absolute atomic E-state index is 2.12. The molecule has 25 valence electrons.